The van der Waals surface area contributed by atoms with Crippen molar-refractivity contribution >= 4 is 11.7 Å². The average Bonchev–Trinajstić information content (AvgIpc) is 3.27. The molecule has 3 N–H and O–H groups in total. The number of anilines is 1. The van der Waals surface area contributed by atoms with Crippen LogP contribution in [0.25, 0.3) is 5.69 Å². The summed E-state index contributed by atoms with van der Waals surface area (Å²) < 4.78 is 20.2. The Balaban J connectivity index is 1.70. The Morgan fingerprint density at radius 1 is 1.40 bits per heavy atom. The first kappa shape index (κ1) is 16.7. The third kappa shape index (κ3) is 3.86. The summed E-state index contributed by atoms with van der Waals surface area (Å²) in [6.07, 6.45) is 4.69. The molecule has 0 saturated heterocycles. The van der Waals surface area contributed by atoms with E-state index < -0.39 is 17.4 Å². The molecule has 8 heteroatoms. The van der Waals surface area contributed by atoms with Gasteiger partial charge in [0.25, 0.3) is 0 Å². The lowest BCUT2D eigenvalue weighted by Crippen LogP contribution is -2.40. The van der Waals surface area contributed by atoms with Crippen molar-refractivity contribution in [1.82, 2.24) is 15.1 Å². The number of amides is 2. The second-order valence-electron chi connectivity index (χ2n) is 5.67. The molecule has 0 spiro atoms. The maximum Gasteiger partial charge on any atom is 0.319 e. The van der Waals surface area contributed by atoms with Crippen LogP contribution in [0.15, 0.2) is 59.5 Å². The van der Waals surface area contributed by atoms with Gasteiger partial charge in [-0.05, 0) is 43.3 Å². The molecule has 2 heterocycles. The first-order chi connectivity index (χ1) is 12.0. The van der Waals surface area contributed by atoms with Crippen LogP contribution in [0.5, 0.6) is 0 Å². The highest BCUT2D eigenvalue weighted by atomic mass is 19.1. The van der Waals surface area contributed by atoms with Gasteiger partial charge in [0.15, 0.2) is 0 Å². The summed E-state index contributed by atoms with van der Waals surface area (Å²) >= 11 is 0. The van der Waals surface area contributed by atoms with E-state index in [0.29, 0.717) is 11.4 Å². The topological polar surface area (TPSA) is 92.3 Å². The van der Waals surface area contributed by atoms with Gasteiger partial charge in [-0.1, -0.05) is 0 Å². The monoisotopic (exact) mass is 344 g/mol. The molecule has 0 saturated carbocycles. The molecule has 1 aromatic carbocycles. The maximum atomic E-state index is 13.5. The highest BCUT2D eigenvalue weighted by molar-refractivity contribution is 5.91. The summed E-state index contributed by atoms with van der Waals surface area (Å²) in [5, 5.41) is 19.5. The standard InChI is InChI=1S/C17H17FN4O3/c1-17(24,15-4-2-9-25-15)11-19-16(23)21-13-10-12(18)5-6-14(13)22-8-3-7-20-22/h2-10,24H,11H2,1H3,(H2,19,21,23). The number of carbonyl (C=O) groups excluding carboxylic acids is 1. The van der Waals surface area contributed by atoms with Gasteiger partial charge < -0.3 is 20.2 Å². The lowest BCUT2D eigenvalue weighted by molar-refractivity contribution is 0.0372. The number of hydrogen-bond donors (Lipinski definition) is 3. The van der Waals surface area contributed by atoms with Crippen molar-refractivity contribution in [2.75, 3.05) is 11.9 Å². The molecule has 0 aliphatic rings. The number of aliphatic hydroxyl groups is 1. The highest BCUT2D eigenvalue weighted by Crippen LogP contribution is 2.22. The number of benzene rings is 1. The number of hydrogen-bond acceptors (Lipinski definition) is 4. The first-order valence-electron chi connectivity index (χ1n) is 7.56. The van der Waals surface area contributed by atoms with Gasteiger partial charge in [0.2, 0.25) is 0 Å². The number of urea groups is 1. The first-order valence-corrected chi connectivity index (χ1v) is 7.56. The summed E-state index contributed by atoms with van der Waals surface area (Å²) in [6, 6.07) is 8.37. The molecular formula is C17H17FN4O3. The van der Waals surface area contributed by atoms with Crippen molar-refractivity contribution in [2.24, 2.45) is 0 Å². The van der Waals surface area contributed by atoms with Gasteiger partial charge in [0, 0.05) is 12.4 Å². The molecule has 2 aromatic heterocycles. The number of aromatic nitrogens is 2. The van der Waals surface area contributed by atoms with E-state index in [1.54, 1.807) is 30.6 Å². The van der Waals surface area contributed by atoms with Gasteiger partial charge in [-0.25, -0.2) is 13.9 Å². The molecule has 3 rings (SSSR count). The van der Waals surface area contributed by atoms with Crippen molar-refractivity contribution < 1.29 is 18.7 Å². The van der Waals surface area contributed by atoms with Crippen LogP contribution >= 0.6 is 0 Å². The predicted molar refractivity (Wildman–Crippen MR) is 88.8 cm³/mol. The van der Waals surface area contributed by atoms with Crippen LogP contribution in [0.3, 0.4) is 0 Å². The van der Waals surface area contributed by atoms with E-state index >= 15 is 0 Å². The van der Waals surface area contributed by atoms with Gasteiger partial charge in [-0.2, -0.15) is 5.10 Å². The molecule has 0 radical (unpaired) electrons. The summed E-state index contributed by atoms with van der Waals surface area (Å²) in [6.45, 7) is 1.43. The fourth-order valence-electron chi connectivity index (χ4n) is 2.31. The molecule has 7 nitrogen and oxygen atoms in total. The van der Waals surface area contributed by atoms with Crippen LogP contribution in [0.1, 0.15) is 12.7 Å². The van der Waals surface area contributed by atoms with Crippen molar-refractivity contribution in [3.8, 4) is 5.69 Å². The molecule has 25 heavy (non-hydrogen) atoms. The maximum absolute atomic E-state index is 13.5. The molecule has 0 bridgehead atoms. The number of furan rings is 1. The summed E-state index contributed by atoms with van der Waals surface area (Å²) in [5.74, 6) is -0.162. The normalized spacial score (nSPS) is 13.2. The zero-order valence-corrected chi connectivity index (χ0v) is 13.4. The molecular weight excluding hydrogens is 327 g/mol. The molecule has 0 aliphatic heterocycles. The Bertz CT molecular complexity index is 845. The lowest BCUT2D eigenvalue weighted by atomic mass is 10.0. The molecule has 1 atom stereocenters. The minimum Gasteiger partial charge on any atom is -0.466 e. The fraction of sp³-hybridized carbons (Fsp3) is 0.176. The van der Waals surface area contributed by atoms with Crippen LogP contribution in [0.4, 0.5) is 14.9 Å². The van der Waals surface area contributed by atoms with Crippen LogP contribution in [-0.4, -0.2) is 27.5 Å². The lowest BCUT2D eigenvalue weighted by Gasteiger charge is -2.21. The second-order valence-corrected chi connectivity index (χ2v) is 5.67. The van der Waals surface area contributed by atoms with E-state index in [4.69, 9.17) is 4.42 Å². The van der Waals surface area contributed by atoms with E-state index in [9.17, 15) is 14.3 Å². The zero-order valence-electron chi connectivity index (χ0n) is 13.4. The molecule has 0 fully saturated rings. The van der Waals surface area contributed by atoms with E-state index in [2.05, 4.69) is 15.7 Å². The number of halogens is 1. The Morgan fingerprint density at radius 2 is 2.24 bits per heavy atom. The number of nitrogens with one attached hydrogen (secondary N) is 2. The van der Waals surface area contributed by atoms with E-state index in [-0.39, 0.29) is 12.2 Å². The average molecular weight is 344 g/mol. The Morgan fingerprint density at radius 3 is 2.92 bits per heavy atom. The van der Waals surface area contributed by atoms with Crippen LogP contribution in [0.2, 0.25) is 0 Å². The van der Waals surface area contributed by atoms with Crippen molar-refractivity contribution in [3.05, 3.63) is 66.6 Å². The number of rotatable bonds is 5. The summed E-state index contributed by atoms with van der Waals surface area (Å²) in [7, 11) is 0. The largest absolute Gasteiger partial charge is 0.466 e. The minimum absolute atomic E-state index is 0.0846. The van der Waals surface area contributed by atoms with E-state index in [1.165, 1.54) is 36.1 Å². The quantitative estimate of drug-likeness (QED) is 0.663. The molecule has 1 unspecified atom stereocenters. The van der Waals surface area contributed by atoms with Gasteiger partial charge in [-0.3, -0.25) is 0 Å². The van der Waals surface area contributed by atoms with Gasteiger partial charge in [0.05, 0.1) is 24.2 Å². The van der Waals surface area contributed by atoms with Crippen LogP contribution < -0.4 is 10.6 Å². The third-order valence-electron chi connectivity index (χ3n) is 3.60. The van der Waals surface area contributed by atoms with Crippen molar-refractivity contribution in [1.29, 1.82) is 0 Å². The summed E-state index contributed by atoms with van der Waals surface area (Å²) in [5.41, 5.74) is -0.605. The van der Waals surface area contributed by atoms with Crippen molar-refractivity contribution in [3.63, 3.8) is 0 Å². The molecule has 130 valence electrons. The Kier molecular flexibility index (Phi) is 4.53. The van der Waals surface area contributed by atoms with E-state index in [1.807, 2.05) is 0 Å². The highest BCUT2D eigenvalue weighted by Gasteiger charge is 2.26. The SMILES string of the molecule is CC(O)(CNC(=O)Nc1cc(F)ccc1-n1cccn1)c1ccco1. The fourth-order valence-corrected chi connectivity index (χ4v) is 2.31. The van der Waals surface area contributed by atoms with Gasteiger partial charge >= 0.3 is 6.03 Å². The minimum atomic E-state index is -1.37. The van der Waals surface area contributed by atoms with Crippen LogP contribution in [-0.2, 0) is 5.60 Å². The Labute approximate surface area is 143 Å². The van der Waals surface area contributed by atoms with Gasteiger partial charge in [-0.15, -0.1) is 0 Å². The summed E-state index contributed by atoms with van der Waals surface area (Å²) in [4.78, 5) is 12.1. The second kappa shape index (κ2) is 6.78. The zero-order chi connectivity index (χ0) is 17.9. The van der Waals surface area contributed by atoms with E-state index in [0.717, 1.165) is 0 Å². The van der Waals surface area contributed by atoms with Crippen molar-refractivity contribution in [2.45, 2.75) is 12.5 Å². The molecule has 3 aromatic rings. The Hall–Kier alpha value is -3.13. The smallest absolute Gasteiger partial charge is 0.319 e. The van der Waals surface area contributed by atoms with Crippen LogP contribution in [0, 0.1) is 5.82 Å². The third-order valence-corrected chi connectivity index (χ3v) is 3.60. The predicted octanol–water partition coefficient (Wildman–Crippen LogP) is 2.63. The van der Waals surface area contributed by atoms with Gasteiger partial charge in [0.1, 0.15) is 17.2 Å². The number of nitrogens with zero attached hydrogens (tertiary/aromatic N) is 2. The molecule has 2 amide bonds. The number of carbonyl (C=O) groups is 1. The molecule has 0 aliphatic carbocycles.